The zero-order valence-electron chi connectivity index (χ0n) is 16.1. The van der Waals surface area contributed by atoms with Crippen LogP contribution in [0.25, 0.3) is 17.6 Å². The van der Waals surface area contributed by atoms with Crippen LogP contribution in [0.15, 0.2) is 54.6 Å². The number of pyridine rings is 1. The number of nitrogens with one attached hydrogen (secondary N) is 1. The molecule has 3 rings (SSSR count). The molecule has 2 heterocycles. The van der Waals surface area contributed by atoms with E-state index >= 15 is 0 Å². The zero-order valence-corrected chi connectivity index (χ0v) is 17.1. The van der Waals surface area contributed by atoms with Gasteiger partial charge in [0.05, 0.1) is 11.4 Å². The van der Waals surface area contributed by atoms with Crippen LogP contribution in [0.2, 0.25) is 19.6 Å². The minimum atomic E-state index is -1.50. The normalized spacial score (nSPS) is 12.3. The Hall–Kier alpha value is -2.66. The Morgan fingerprint density at radius 3 is 2.35 bits per heavy atom. The largest absolute Gasteiger partial charge is 0.410 e. The third-order valence-corrected chi connectivity index (χ3v) is 4.89. The first kappa shape index (κ1) is 18.1. The number of hydrogen-bond acceptors (Lipinski definition) is 3. The number of benzene rings is 1. The van der Waals surface area contributed by atoms with E-state index in [4.69, 9.17) is 4.98 Å². The molecule has 2 aromatic heterocycles. The van der Waals surface area contributed by atoms with Crippen molar-refractivity contribution in [3.05, 3.63) is 77.2 Å². The zero-order chi connectivity index (χ0) is 18.7. The molecule has 0 bridgehead atoms. The second-order valence-electron chi connectivity index (χ2n) is 7.56. The highest BCUT2D eigenvalue weighted by atomic mass is 28.3. The van der Waals surface area contributed by atoms with E-state index in [2.05, 4.69) is 66.1 Å². The van der Waals surface area contributed by atoms with E-state index in [1.807, 2.05) is 42.8 Å². The van der Waals surface area contributed by atoms with E-state index < -0.39 is 8.24 Å². The lowest BCUT2D eigenvalue weighted by Crippen LogP contribution is -2.39. The Bertz CT molecular complexity index is 921. The molecule has 5 heteroatoms. The molecule has 3 aromatic rings. The fourth-order valence-electron chi connectivity index (χ4n) is 2.86. The molecule has 4 nitrogen and oxygen atoms in total. The van der Waals surface area contributed by atoms with Crippen LogP contribution in [-0.4, -0.2) is 23.0 Å². The molecule has 0 spiro atoms. The Morgan fingerprint density at radius 2 is 1.73 bits per heavy atom. The number of aryl methyl sites for hydroxylation is 2. The van der Waals surface area contributed by atoms with Crippen molar-refractivity contribution in [3.63, 3.8) is 0 Å². The van der Waals surface area contributed by atoms with Gasteiger partial charge in [-0.2, -0.15) is 5.10 Å². The summed E-state index contributed by atoms with van der Waals surface area (Å²) < 4.78 is 1.89. The smallest absolute Gasteiger partial charge is 0.154 e. The average Bonchev–Trinajstić information content (AvgIpc) is 2.92. The van der Waals surface area contributed by atoms with Gasteiger partial charge in [-0.15, -0.1) is 0 Å². The van der Waals surface area contributed by atoms with Gasteiger partial charge in [0, 0.05) is 11.4 Å². The summed E-state index contributed by atoms with van der Waals surface area (Å²) in [5.41, 5.74) is 5.28. The van der Waals surface area contributed by atoms with Gasteiger partial charge >= 0.3 is 0 Å². The van der Waals surface area contributed by atoms with Crippen molar-refractivity contribution in [2.75, 3.05) is 0 Å². The van der Waals surface area contributed by atoms with Crippen molar-refractivity contribution in [2.24, 2.45) is 0 Å². The monoisotopic (exact) mass is 362 g/mol. The molecule has 0 aliphatic heterocycles. The summed E-state index contributed by atoms with van der Waals surface area (Å²) in [5.74, 6) is 0.838. The lowest BCUT2D eigenvalue weighted by molar-refractivity contribution is 0.805. The maximum Gasteiger partial charge on any atom is 0.154 e. The molecule has 134 valence electrons. The Labute approximate surface area is 156 Å². The van der Waals surface area contributed by atoms with Crippen molar-refractivity contribution in [3.8, 4) is 5.82 Å². The van der Waals surface area contributed by atoms with Gasteiger partial charge in [-0.05, 0) is 43.7 Å². The molecule has 0 amide bonds. The van der Waals surface area contributed by atoms with Crippen LogP contribution in [0.1, 0.15) is 22.6 Å². The predicted octanol–water partition coefficient (Wildman–Crippen LogP) is 4.81. The molecular formula is C21H26N4Si. The van der Waals surface area contributed by atoms with E-state index in [-0.39, 0.29) is 0 Å². The number of aromatic nitrogens is 3. The molecule has 0 saturated heterocycles. The van der Waals surface area contributed by atoms with Crippen LogP contribution >= 0.6 is 0 Å². The molecule has 0 aliphatic rings. The Balaban J connectivity index is 2.02. The molecule has 0 radical (unpaired) electrons. The first-order valence-electron chi connectivity index (χ1n) is 8.88. The summed E-state index contributed by atoms with van der Waals surface area (Å²) in [6.45, 7) is 10.9. The van der Waals surface area contributed by atoms with Gasteiger partial charge in [-0.1, -0.05) is 56.0 Å². The fourth-order valence-corrected chi connectivity index (χ4v) is 3.88. The average molecular weight is 363 g/mol. The molecule has 0 fully saturated rings. The molecule has 1 aromatic carbocycles. The van der Waals surface area contributed by atoms with Crippen molar-refractivity contribution in [1.82, 2.24) is 19.7 Å². The van der Waals surface area contributed by atoms with E-state index in [1.165, 1.54) is 5.56 Å². The second-order valence-corrected chi connectivity index (χ2v) is 12.3. The van der Waals surface area contributed by atoms with Crippen molar-refractivity contribution >= 4 is 20.0 Å². The summed E-state index contributed by atoms with van der Waals surface area (Å²) in [6, 6.07) is 18.5. The van der Waals surface area contributed by atoms with Gasteiger partial charge < -0.3 is 4.98 Å². The topological polar surface area (TPSA) is 42.7 Å². The van der Waals surface area contributed by atoms with Gasteiger partial charge in [-0.25, -0.2) is 9.67 Å². The molecule has 0 saturated carbocycles. The van der Waals surface area contributed by atoms with Gasteiger partial charge in [0.2, 0.25) is 0 Å². The molecular weight excluding hydrogens is 336 g/mol. The quantitative estimate of drug-likeness (QED) is 0.663. The van der Waals surface area contributed by atoms with Gasteiger partial charge in [0.15, 0.2) is 5.82 Å². The summed E-state index contributed by atoms with van der Waals surface area (Å²) in [4.78, 5) is 8.55. The predicted molar refractivity (Wildman–Crippen MR) is 112 cm³/mol. The highest BCUT2D eigenvalue weighted by Gasteiger charge is 2.16. The van der Waals surface area contributed by atoms with Crippen LogP contribution in [0.5, 0.6) is 0 Å². The minimum Gasteiger partial charge on any atom is -0.410 e. The summed E-state index contributed by atoms with van der Waals surface area (Å²) in [5, 5.41) is 4.54. The van der Waals surface area contributed by atoms with Crippen molar-refractivity contribution in [2.45, 2.75) is 33.5 Å². The van der Waals surface area contributed by atoms with Crippen LogP contribution in [0.3, 0.4) is 0 Å². The van der Waals surface area contributed by atoms with Crippen LogP contribution in [-0.2, 0) is 0 Å². The first-order valence-corrected chi connectivity index (χ1v) is 12.4. The van der Waals surface area contributed by atoms with E-state index in [9.17, 15) is 0 Å². The Morgan fingerprint density at radius 1 is 1.00 bits per heavy atom. The SMILES string of the molecule is Cc1cc(C)n(-c2cccc(/C=C(\N[Si](C)(C)C)c3ccccc3)n2)n1. The second kappa shape index (κ2) is 7.29. The molecule has 0 aliphatic carbocycles. The summed E-state index contributed by atoms with van der Waals surface area (Å²) >= 11 is 0. The third kappa shape index (κ3) is 4.49. The first-order chi connectivity index (χ1) is 12.3. The number of rotatable bonds is 5. The molecule has 0 unspecified atom stereocenters. The number of nitrogens with zero attached hydrogens (tertiary/aromatic N) is 3. The van der Waals surface area contributed by atoms with E-state index in [1.54, 1.807) is 0 Å². The standard InChI is InChI=1S/C21H26N4Si/c1-16-14-17(2)25(23-16)21-13-9-12-19(22-21)15-20(24-26(3,4)5)18-10-7-6-8-11-18/h6-15,24H,1-5H3/b20-15-. The van der Waals surface area contributed by atoms with Crippen molar-refractivity contribution < 1.29 is 0 Å². The molecule has 26 heavy (non-hydrogen) atoms. The molecule has 0 atom stereocenters. The van der Waals surface area contributed by atoms with E-state index in [0.717, 1.165) is 28.6 Å². The van der Waals surface area contributed by atoms with Gasteiger partial charge in [0.25, 0.3) is 0 Å². The van der Waals surface area contributed by atoms with Crippen LogP contribution < -0.4 is 4.98 Å². The highest BCUT2D eigenvalue weighted by Crippen LogP contribution is 2.18. The van der Waals surface area contributed by atoms with E-state index in [0.29, 0.717) is 0 Å². The minimum absolute atomic E-state index is 0.838. The summed E-state index contributed by atoms with van der Waals surface area (Å²) in [7, 11) is -1.50. The van der Waals surface area contributed by atoms with Gasteiger partial charge in [0.1, 0.15) is 8.24 Å². The van der Waals surface area contributed by atoms with Crippen molar-refractivity contribution in [1.29, 1.82) is 0 Å². The highest BCUT2D eigenvalue weighted by molar-refractivity contribution is 6.74. The fraction of sp³-hybridized carbons (Fsp3) is 0.238. The molecule has 1 N–H and O–H groups in total. The summed E-state index contributed by atoms with van der Waals surface area (Å²) in [6.07, 6.45) is 2.13. The Kier molecular flexibility index (Phi) is 5.09. The lowest BCUT2D eigenvalue weighted by Gasteiger charge is -2.22. The lowest BCUT2D eigenvalue weighted by atomic mass is 10.1. The third-order valence-electron chi connectivity index (χ3n) is 3.87. The number of hydrogen-bond donors (Lipinski definition) is 1. The van der Waals surface area contributed by atoms with Crippen LogP contribution in [0, 0.1) is 13.8 Å². The maximum absolute atomic E-state index is 4.81. The maximum atomic E-state index is 4.81. The van der Waals surface area contributed by atoms with Gasteiger partial charge in [-0.3, -0.25) is 0 Å². The van der Waals surface area contributed by atoms with Crippen LogP contribution in [0.4, 0.5) is 0 Å².